The van der Waals surface area contributed by atoms with Gasteiger partial charge in [0.15, 0.2) is 11.6 Å². The van der Waals surface area contributed by atoms with Crippen molar-refractivity contribution in [2.75, 3.05) is 10.0 Å². The molecule has 1 aliphatic rings. The summed E-state index contributed by atoms with van der Waals surface area (Å²) >= 11 is 0. The zero-order valence-corrected chi connectivity index (χ0v) is 20.1. The number of aryl methyl sites for hydroxylation is 1. The lowest BCUT2D eigenvalue weighted by Crippen LogP contribution is -2.23. The molecule has 9 heteroatoms. The Morgan fingerprint density at radius 1 is 0.848 bits per heavy atom. The summed E-state index contributed by atoms with van der Waals surface area (Å²) in [6.45, 7) is 0. The van der Waals surface area contributed by atoms with Gasteiger partial charge in [0.2, 0.25) is 0 Å². The standard InChI is InChI=1S/C24H34N6O2S/c1-30-18-20(17-25-30)33(31,32)29-24-23(27-21-15-11-12-16-22(21)28-24)26-19-13-9-7-5-3-2-4-6-8-10-14-19/h11-12,15-19H,2-10,13-14H2,1H3,(H,26,27)(H,28,29). The topological polar surface area (TPSA) is 102 Å². The molecule has 0 bridgehead atoms. The molecule has 0 atom stereocenters. The largest absolute Gasteiger partial charge is 0.364 e. The summed E-state index contributed by atoms with van der Waals surface area (Å²) in [6, 6.07) is 7.76. The van der Waals surface area contributed by atoms with Crippen LogP contribution in [0.3, 0.4) is 0 Å². The Bertz CT molecular complexity index is 1150. The third-order valence-electron chi connectivity index (χ3n) is 6.24. The minimum atomic E-state index is -3.83. The third kappa shape index (κ3) is 6.43. The summed E-state index contributed by atoms with van der Waals surface area (Å²) < 4.78 is 30.1. The monoisotopic (exact) mass is 470 g/mol. The van der Waals surface area contributed by atoms with Gasteiger partial charge in [-0.2, -0.15) is 5.10 Å². The highest BCUT2D eigenvalue weighted by Gasteiger charge is 2.22. The fraction of sp³-hybridized carbons (Fsp3) is 0.542. The van der Waals surface area contributed by atoms with Crippen LogP contribution in [0.15, 0.2) is 41.6 Å². The SMILES string of the molecule is Cn1cc(S(=O)(=O)Nc2nc3ccccc3nc2NC2CCCCCCCCCCC2)cn1. The number of anilines is 2. The van der Waals surface area contributed by atoms with E-state index in [1.54, 1.807) is 7.05 Å². The number of fused-ring (bicyclic) bond motifs is 1. The van der Waals surface area contributed by atoms with Gasteiger partial charge in [-0.05, 0) is 25.0 Å². The molecule has 2 aromatic heterocycles. The van der Waals surface area contributed by atoms with E-state index in [9.17, 15) is 8.42 Å². The molecule has 3 aromatic rings. The molecule has 33 heavy (non-hydrogen) atoms. The molecule has 4 rings (SSSR count). The summed E-state index contributed by atoms with van der Waals surface area (Å²) in [6.07, 6.45) is 16.3. The van der Waals surface area contributed by atoms with Crippen molar-refractivity contribution in [2.24, 2.45) is 7.05 Å². The van der Waals surface area contributed by atoms with Crippen LogP contribution in [-0.4, -0.2) is 34.2 Å². The molecule has 1 aliphatic carbocycles. The third-order valence-corrected chi connectivity index (χ3v) is 7.53. The molecule has 1 saturated carbocycles. The predicted octanol–water partition coefficient (Wildman–Crippen LogP) is 5.25. The zero-order chi connectivity index (χ0) is 23.1. The predicted molar refractivity (Wildman–Crippen MR) is 132 cm³/mol. The van der Waals surface area contributed by atoms with Gasteiger partial charge in [-0.25, -0.2) is 18.4 Å². The average molecular weight is 471 g/mol. The lowest BCUT2D eigenvalue weighted by Gasteiger charge is -2.22. The first-order valence-electron chi connectivity index (χ1n) is 12.1. The van der Waals surface area contributed by atoms with Gasteiger partial charge in [-0.3, -0.25) is 9.40 Å². The van der Waals surface area contributed by atoms with E-state index in [0.29, 0.717) is 11.3 Å². The summed E-state index contributed by atoms with van der Waals surface area (Å²) in [5.74, 6) is 0.710. The van der Waals surface area contributed by atoms with Crippen LogP contribution in [-0.2, 0) is 17.1 Å². The van der Waals surface area contributed by atoms with Gasteiger partial charge in [-0.1, -0.05) is 69.9 Å². The number of para-hydroxylation sites is 2. The van der Waals surface area contributed by atoms with Crippen LogP contribution in [0.1, 0.15) is 70.6 Å². The highest BCUT2D eigenvalue weighted by Crippen LogP contribution is 2.27. The molecule has 0 aliphatic heterocycles. The summed E-state index contributed by atoms with van der Waals surface area (Å²) in [4.78, 5) is 9.47. The quantitative estimate of drug-likeness (QED) is 0.528. The van der Waals surface area contributed by atoms with Crippen molar-refractivity contribution in [3.8, 4) is 0 Å². The molecule has 1 fully saturated rings. The van der Waals surface area contributed by atoms with Crippen LogP contribution in [0.5, 0.6) is 0 Å². The van der Waals surface area contributed by atoms with Crippen LogP contribution in [0.4, 0.5) is 11.6 Å². The lowest BCUT2D eigenvalue weighted by molar-refractivity contribution is 0.479. The van der Waals surface area contributed by atoms with Crippen molar-refractivity contribution >= 4 is 32.7 Å². The van der Waals surface area contributed by atoms with Gasteiger partial charge >= 0.3 is 0 Å². The Balaban J connectivity index is 1.60. The Kier molecular flexibility index (Phi) is 7.80. The average Bonchev–Trinajstić information content (AvgIpc) is 3.23. The number of aromatic nitrogens is 4. The molecule has 0 unspecified atom stereocenters. The van der Waals surface area contributed by atoms with Crippen molar-refractivity contribution in [3.05, 3.63) is 36.7 Å². The first kappa shape index (κ1) is 23.5. The minimum absolute atomic E-state index is 0.0944. The molecular weight excluding hydrogens is 436 g/mol. The molecule has 2 N–H and O–H groups in total. The molecule has 0 radical (unpaired) electrons. The van der Waals surface area contributed by atoms with E-state index in [4.69, 9.17) is 4.98 Å². The van der Waals surface area contributed by atoms with Crippen molar-refractivity contribution < 1.29 is 8.42 Å². The highest BCUT2D eigenvalue weighted by atomic mass is 32.2. The lowest BCUT2D eigenvalue weighted by atomic mass is 9.98. The van der Waals surface area contributed by atoms with Crippen LogP contribution >= 0.6 is 0 Å². The van der Waals surface area contributed by atoms with E-state index in [-0.39, 0.29) is 16.8 Å². The second kappa shape index (κ2) is 11.0. The highest BCUT2D eigenvalue weighted by molar-refractivity contribution is 7.92. The van der Waals surface area contributed by atoms with Gasteiger partial charge < -0.3 is 5.32 Å². The maximum atomic E-state index is 13.0. The maximum Gasteiger partial charge on any atom is 0.266 e. The van der Waals surface area contributed by atoms with Crippen molar-refractivity contribution in [1.82, 2.24) is 19.7 Å². The number of hydrogen-bond donors (Lipinski definition) is 2. The van der Waals surface area contributed by atoms with E-state index >= 15 is 0 Å². The fourth-order valence-corrected chi connectivity index (χ4v) is 5.39. The number of benzene rings is 1. The fourth-order valence-electron chi connectivity index (χ4n) is 4.40. The second-order valence-corrected chi connectivity index (χ2v) is 10.6. The minimum Gasteiger partial charge on any atom is -0.364 e. The normalized spacial score (nSPS) is 17.2. The Morgan fingerprint density at radius 3 is 1.94 bits per heavy atom. The number of nitrogens with one attached hydrogen (secondary N) is 2. The van der Waals surface area contributed by atoms with Gasteiger partial charge in [0.05, 0.1) is 17.2 Å². The number of sulfonamides is 1. The van der Waals surface area contributed by atoms with Gasteiger partial charge in [-0.15, -0.1) is 0 Å². The molecule has 1 aromatic carbocycles. The van der Waals surface area contributed by atoms with Crippen LogP contribution in [0.25, 0.3) is 11.0 Å². The van der Waals surface area contributed by atoms with Crippen molar-refractivity contribution in [1.29, 1.82) is 0 Å². The van der Waals surface area contributed by atoms with Gasteiger partial charge in [0.1, 0.15) is 4.90 Å². The maximum absolute atomic E-state index is 13.0. The summed E-state index contributed by atoms with van der Waals surface area (Å²) in [7, 11) is -2.15. The number of nitrogens with zero attached hydrogens (tertiary/aromatic N) is 4. The van der Waals surface area contributed by atoms with E-state index in [2.05, 4.69) is 20.1 Å². The summed E-state index contributed by atoms with van der Waals surface area (Å²) in [5, 5.41) is 7.54. The Labute approximate surface area is 196 Å². The van der Waals surface area contributed by atoms with Gasteiger partial charge in [0, 0.05) is 19.3 Å². The van der Waals surface area contributed by atoms with Crippen LogP contribution in [0, 0.1) is 0 Å². The molecule has 0 saturated heterocycles. The summed E-state index contributed by atoms with van der Waals surface area (Å²) in [5.41, 5.74) is 1.38. The molecule has 0 spiro atoms. The van der Waals surface area contributed by atoms with E-state index in [0.717, 1.165) is 31.2 Å². The smallest absolute Gasteiger partial charge is 0.266 e. The Morgan fingerprint density at radius 2 is 1.39 bits per heavy atom. The zero-order valence-electron chi connectivity index (χ0n) is 19.3. The number of hydrogen-bond acceptors (Lipinski definition) is 6. The van der Waals surface area contributed by atoms with E-state index in [1.165, 1.54) is 62.0 Å². The van der Waals surface area contributed by atoms with Crippen LogP contribution in [0.2, 0.25) is 0 Å². The Hall–Kier alpha value is -2.68. The van der Waals surface area contributed by atoms with Crippen molar-refractivity contribution in [3.63, 3.8) is 0 Å². The van der Waals surface area contributed by atoms with Crippen LogP contribution < -0.4 is 10.0 Å². The van der Waals surface area contributed by atoms with Gasteiger partial charge in [0.25, 0.3) is 10.0 Å². The van der Waals surface area contributed by atoms with Crippen molar-refractivity contribution in [2.45, 2.75) is 81.6 Å². The van der Waals surface area contributed by atoms with E-state index < -0.39 is 10.0 Å². The molecule has 0 amide bonds. The number of rotatable bonds is 5. The molecular formula is C24H34N6O2S. The van der Waals surface area contributed by atoms with E-state index in [1.807, 2.05) is 24.3 Å². The molecule has 178 valence electrons. The molecule has 2 heterocycles. The first-order chi connectivity index (χ1) is 16.0. The molecule has 8 nitrogen and oxygen atoms in total. The first-order valence-corrected chi connectivity index (χ1v) is 13.5. The second-order valence-electron chi connectivity index (χ2n) is 8.97.